The van der Waals surface area contributed by atoms with Crippen molar-refractivity contribution in [2.75, 3.05) is 12.4 Å². The van der Waals surface area contributed by atoms with Gasteiger partial charge >= 0.3 is 0 Å². The van der Waals surface area contributed by atoms with Crippen LogP contribution in [0, 0.1) is 6.92 Å². The molecule has 2 rings (SSSR count). The molecular formula is C14H17N3O2S2. The van der Waals surface area contributed by atoms with Gasteiger partial charge in [0.25, 0.3) is 0 Å². The number of methoxy groups -OCH3 is 1. The first-order valence-electron chi connectivity index (χ1n) is 6.54. The highest BCUT2D eigenvalue weighted by Gasteiger charge is 2.21. The zero-order valence-corrected chi connectivity index (χ0v) is 13.8. The first-order chi connectivity index (χ1) is 10.1. The molecule has 0 saturated heterocycles. The van der Waals surface area contributed by atoms with Crippen LogP contribution in [0.5, 0.6) is 5.75 Å². The van der Waals surface area contributed by atoms with Crippen molar-refractivity contribution in [3.8, 4) is 5.75 Å². The Bertz CT molecular complexity index is 616. The fourth-order valence-corrected chi connectivity index (χ4v) is 3.71. The summed E-state index contributed by atoms with van der Waals surface area (Å²) in [5.41, 5.74) is 0.678. The first-order valence-corrected chi connectivity index (χ1v) is 8.24. The van der Waals surface area contributed by atoms with E-state index >= 15 is 0 Å². The lowest BCUT2D eigenvalue weighted by Crippen LogP contribution is -2.24. The van der Waals surface area contributed by atoms with E-state index in [4.69, 9.17) is 4.74 Å². The van der Waals surface area contributed by atoms with Crippen LogP contribution in [0.1, 0.15) is 18.4 Å². The number of hydrogen-bond acceptors (Lipinski definition) is 6. The molecule has 21 heavy (non-hydrogen) atoms. The number of carbonyl (C=O) groups excluding carboxylic acids is 1. The number of carbonyl (C=O) groups is 1. The number of hydrogen-bond donors (Lipinski definition) is 1. The van der Waals surface area contributed by atoms with Crippen LogP contribution >= 0.6 is 23.1 Å². The molecule has 0 aliphatic heterocycles. The maximum atomic E-state index is 12.4. The molecule has 0 saturated carbocycles. The number of aryl methyl sites for hydroxylation is 1. The van der Waals surface area contributed by atoms with E-state index in [-0.39, 0.29) is 11.2 Å². The molecular weight excluding hydrogens is 306 g/mol. The summed E-state index contributed by atoms with van der Waals surface area (Å²) in [5, 5.41) is 11.6. The van der Waals surface area contributed by atoms with Gasteiger partial charge in [0.15, 0.2) is 4.34 Å². The number of benzene rings is 1. The van der Waals surface area contributed by atoms with Crippen molar-refractivity contribution in [2.45, 2.75) is 29.9 Å². The monoisotopic (exact) mass is 323 g/mol. The number of thioether (sulfide) groups is 1. The van der Waals surface area contributed by atoms with Crippen LogP contribution in [0.25, 0.3) is 0 Å². The van der Waals surface area contributed by atoms with E-state index in [0.29, 0.717) is 17.9 Å². The van der Waals surface area contributed by atoms with Crippen LogP contribution in [-0.2, 0) is 4.79 Å². The molecule has 1 unspecified atom stereocenters. The van der Waals surface area contributed by atoms with Crippen molar-refractivity contribution in [3.63, 3.8) is 0 Å². The molecule has 7 heteroatoms. The summed E-state index contributed by atoms with van der Waals surface area (Å²) in [7, 11) is 1.58. The summed E-state index contributed by atoms with van der Waals surface area (Å²) < 4.78 is 6.05. The van der Waals surface area contributed by atoms with Crippen LogP contribution < -0.4 is 10.1 Å². The summed E-state index contributed by atoms with van der Waals surface area (Å²) in [6, 6.07) is 7.37. The van der Waals surface area contributed by atoms with Gasteiger partial charge < -0.3 is 10.1 Å². The van der Waals surface area contributed by atoms with Crippen LogP contribution in [0.3, 0.4) is 0 Å². The molecule has 1 atom stereocenters. The predicted octanol–water partition coefficient (Wildman–Crippen LogP) is 3.36. The van der Waals surface area contributed by atoms with Gasteiger partial charge in [0.1, 0.15) is 10.8 Å². The Morgan fingerprint density at radius 2 is 2.19 bits per heavy atom. The number of anilines is 1. The Morgan fingerprint density at radius 3 is 2.81 bits per heavy atom. The van der Waals surface area contributed by atoms with E-state index < -0.39 is 0 Å². The molecule has 2 aromatic rings. The van der Waals surface area contributed by atoms with Gasteiger partial charge in [-0.3, -0.25) is 4.79 Å². The van der Waals surface area contributed by atoms with Crippen molar-refractivity contribution >= 4 is 34.7 Å². The quantitative estimate of drug-likeness (QED) is 0.826. The van der Waals surface area contributed by atoms with E-state index in [1.807, 2.05) is 38.1 Å². The molecule has 1 heterocycles. The fourth-order valence-electron chi connectivity index (χ4n) is 1.73. The average Bonchev–Trinajstić information content (AvgIpc) is 2.90. The molecule has 0 aliphatic carbocycles. The van der Waals surface area contributed by atoms with E-state index in [9.17, 15) is 4.79 Å². The Morgan fingerprint density at radius 1 is 1.43 bits per heavy atom. The predicted molar refractivity (Wildman–Crippen MR) is 86.2 cm³/mol. The lowest BCUT2D eigenvalue weighted by molar-refractivity contribution is -0.115. The minimum Gasteiger partial charge on any atom is -0.495 e. The first kappa shape index (κ1) is 15.8. The molecule has 112 valence electrons. The molecule has 0 bridgehead atoms. The van der Waals surface area contributed by atoms with Gasteiger partial charge in [-0.2, -0.15) is 0 Å². The largest absolute Gasteiger partial charge is 0.495 e. The molecule has 0 spiro atoms. The van der Waals surface area contributed by atoms with E-state index in [1.165, 1.54) is 23.1 Å². The molecule has 5 nitrogen and oxygen atoms in total. The Labute approximate surface area is 132 Å². The van der Waals surface area contributed by atoms with Gasteiger partial charge in [-0.15, -0.1) is 10.2 Å². The molecule has 0 aliphatic rings. The topological polar surface area (TPSA) is 64.1 Å². The number of ether oxygens (including phenoxy) is 1. The molecule has 1 amide bonds. The van der Waals surface area contributed by atoms with E-state index in [1.54, 1.807) is 7.11 Å². The van der Waals surface area contributed by atoms with Gasteiger partial charge in [-0.1, -0.05) is 42.2 Å². The fraction of sp³-hybridized carbons (Fsp3) is 0.357. The second-order valence-electron chi connectivity index (χ2n) is 4.29. The minimum atomic E-state index is -0.206. The maximum Gasteiger partial charge on any atom is 0.238 e. The van der Waals surface area contributed by atoms with Gasteiger partial charge in [0.2, 0.25) is 5.91 Å². The highest BCUT2D eigenvalue weighted by molar-refractivity contribution is 8.02. The minimum absolute atomic E-state index is 0.0557. The summed E-state index contributed by atoms with van der Waals surface area (Å²) in [5.74, 6) is 0.595. The van der Waals surface area contributed by atoms with Crippen LogP contribution in [-0.4, -0.2) is 28.5 Å². The number of amides is 1. The number of nitrogens with zero attached hydrogens (tertiary/aromatic N) is 2. The second-order valence-corrected chi connectivity index (χ2v) is 6.92. The zero-order chi connectivity index (χ0) is 15.2. The van der Waals surface area contributed by atoms with Crippen molar-refractivity contribution in [1.82, 2.24) is 10.2 Å². The summed E-state index contributed by atoms with van der Waals surface area (Å²) in [6.45, 7) is 3.88. The van der Waals surface area contributed by atoms with E-state index in [0.717, 1.165) is 9.35 Å². The summed E-state index contributed by atoms with van der Waals surface area (Å²) >= 11 is 2.94. The van der Waals surface area contributed by atoms with Gasteiger partial charge in [-0.25, -0.2) is 0 Å². The maximum absolute atomic E-state index is 12.4. The van der Waals surface area contributed by atoms with Crippen LogP contribution in [0.15, 0.2) is 28.6 Å². The smallest absolute Gasteiger partial charge is 0.238 e. The third kappa shape index (κ3) is 4.18. The molecule has 0 fully saturated rings. The van der Waals surface area contributed by atoms with Crippen molar-refractivity contribution in [1.29, 1.82) is 0 Å². The molecule has 1 aromatic heterocycles. The number of rotatable bonds is 6. The third-order valence-corrected chi connectivity index (χ3v) is 5.07. The van der Waals surface area contributed by atoms with Gasteiger partial charge in [-0.05, 0) is 25.5 Å². The Hall–Kier alpha value is -1.60. The zero-order valence-electron chi connectivity index (χ0n) is 12.1. The number of nitrogens with one attached hydrogen (secondary N) is 1. The van der Waals surface area contributed by atoms with Crippen molar-refractivity contribution < 1.29 is 9.53 Å². The average molecular weight is 323 g/mol. The van der Waals surface area contributed by atoms with Crippen LogP contribution in [0.4, 0.5) is 5.69 Å². The standard InChI is InChI=1S/C14H17N3O2S2/c1-4-12(21-14-17-16-9(2)20-14)13(18)15-10-7-5-6-8-11(10)19-3/h5-8,12H,4H2,1-3H3,(H,15,18). The number of aromatic nitrogens is 2. The Kier molecular flexibility index (Phi) is 5.58. The van der Waals surface area contributed by atoms with Gasteiger partial charge in [0.05, 0.1) is 18.0 Å². The highest BCUT2D eigenvalue weighted by atomic mass is 32.2. The Balaban J connectivity index is 2.06. The SMILES string of the molecule is CCC(Sc1nnc(C)s1)C(=O)Nc1ccccc1OC. The molecule has 1 N–H and O–H groups in total. The lowest BCUT2D eigenvalue weighted by Gasteiger charge is -2.14. The third-order valence-electron chi connectivity index (χ3n) is 2.78. The lowest BCUT2D eigenvalue weighted by atomic mass is 10.2. The normalized spacial score (nSPS) is 12.0. The van der Waals surface area contributed by atoms with Crippen molar-refractivity contribution in [3.05, 3.63) is 29.3 Å². The van der Waals surface area contributed by atoms with Crippen LogP contribution in [0.2, 0.25) is 0 Å². The highest BCUT2D eigenvalue weighted by Crippen LogP contribution is 2.30. The number of para-hydroxylation sites is 2. The summed E-state index contributed by atoms with van der Waals surface area (Å²) in [4.78, 5) is 12.4. The van der Waals surface area contributed by atoms with E-state index in [2.05, 4.69) is 15.5 Å². The molecule has 0 radical (unpaired) electrons. The van der Waals surface area contributed by atoms with Gasteiger partial charge in [0, 0.05) is 0 Å². The molecule has 1 aromatic carbocycles. The van der Waals surface area contributed by atoms with Crippen molar-refractivity contribution in [2.24, 2.45) is 0 Å². The summed E-state index contributed by atoms with van der Waals surface area (Å²) in [6.07, 6.45) is 0.713. The second kappa shape index (κ2) is 7.42.